The number of halogens is 6. The number of alkyl halides is 6. The van der Waals surface area contributed by atoms with Crippen LogP contribution in [0.5, 0.6) is 0 Å². The first-order valence-corrected chi connectivity index (χ1v) is 11.0. The number of rotatable bonds is 10. The highest BCUT2D eigenvalue weighted by Crippen LogP contribution is 2.51. The SMILES string of the molecule is C=CC=C(C(OS(=O)(=O)C(F)(F)C(F)(F)C(F)(F)S(=O)(=O)O)=C(C)C(C)C)C(C)C. The van der Waals surface area contributed by atoms with Gasteiger partial charge in [0.1, 0.15) is 5.76 Å². The van der Waals surface area contributed by atoms with Crippen LogP contribution in [0.1, 0.15) is 34.6 Å². The van der Waals surface area contributed by atoms with Gasteiger partial charge in [-0.2, -0.15) is 43.2 Å². The second-order valence-electron chi connectivity index (χ2n) is 6.80. The molecule has 0 amide bonds. The summed E-state index contributed by atoms with van der Waals surface area (Å²) in [6.07, 6.45) is 2.27. The van der Waals surface area contributed by atoms with Crippen molar-refractivity contribution in [2.45, 2.75) is 51.1 Å². The zero-order chi connectivity index (χ0) is 24.5. The van der Waals surface area contributed by atoms with Crippen LogP contribution < -0.4 is 0 Å². The minimum Gasteiger partial charge on any atom is -0.378 e. The molecule has 0 aromatic rings. The fourth-order valence-corrected chi connectivity index (χ4v) is 3.42. The second-order valence-corrected chi connectivity index (χ2v) is 9.85. The van der Waals surface area contributed by atoms with E-state index in [4.69, 9.17) is 4.55 Å². The summed E-state index contributed by atoms with van der Waals surface area (Å²) in [5.41, 5.74) is -0.0959. The highest BCUT2D eigenvalue weighted by atomic mass is 32.2. The molecule has 0 spiro atoms. The normalized spacial score (nSPS) is 16.0. The largest absolute Gasteiger partial charge is 0.450 e. The first kappa shape index (κ1) is 28.5. The monoisotopic (exact) mass is 488 g/mol. The summed E-state index contributed by atoms with van der Waals surface area (Å²) in [7, 11) is -14.0. The molecule has 0 aliphatic rings. The predicted octanol–water partition coefficient (Wildman–Crippen LogP) is 4.74. The highest BCUT2D eigenvalue weighted by molar-refractivity contribution is 7.88. The summed E-state index contributed by atoms with van der Waals surface area (Å²) in [5.74, 6) is -9.07. The van der Waals surface area contributed by atoms with Gasteiger partial charge in [-0.3, -0.25) is 4.55 Å². The van der Waals surface area contributed by atoms with Crippen molar-refractivity contribution < 1.29 is 51.9 Å². The van der Waals surface area contributed by atoms with Gasteiger partial charge in [-0.25, -0.2) is 0 Å². The summed E-state index contributed by atoms with van der Waals surface area (Å²) in [6, 6.07) is 0. The molecule has 30 heavy (non-hydrogen) atoms. The minimum atomic E-state index is -7.12. The fraction of sp³-hybridized carbons (Fsp3) is 0.625. The lowest BCUT2D eigenvalue weighted by Crippen LogP contribution is -2.60. The molecule has 0 aliphatic heterocycles. The van der Waals surface area contributed by atoms with E-state index in [2.05, 4.69) is 10.8 Å². The molecule has 0 bridgehead atoms. The van der Waals surface area contributed by atoms with Crippen LogP contribution in [0.25, 0.3) is 0 Å². The summed E-state index contributed by atoms with van der Waals surface area (Å²) >= 11 is 0. The maximum Gasteiger partial charge on any atom is 0.450 e. The fourth-order valence-electron chi connectivity index (χ4n) is 1.91. The maximum absolute atomic E-state index is 14.1. The molecule has 6 nitrogen and oxygen atoms in total. The average molecular weight is 488 g/mol. The van der Waals surface area contributed by atoms with Crippen LogP contribution in [0.2, 0.25) is 0 Å². The summed E-state index contributed by atoms with van der Waals surface area (Å²) in [5, 5.41) is -13.6. The lowest BCUT2D eigenvalue weighted by molar-refractivity contribution is -0.247. The van der Waals surface area contributed by atoms with Crippen LogP contribution in [0.4, 0.5) is 26.3 Å². The zero-order valence-corrected chi connectivity index (χ0v) is 18.2. The Morgan fingerprint density at radius 2 is 1.37 bits per heavy atom. The molecule has 0 radical (unpaired) electrons. The Balaban J connectivity index is 6.83. The third-order valence-electron chi connectivity index (χ3n) is 3.97. The van der Waals surface area contributed by atoms with Gasteiger partial charge in [0, 0.05) is 0 Å². The van der Waals surface area contributed by atoms with Crippen LogP contribution >= 0.6 is 0 Å². The van der Waals surface area contributed by atoms with Gasteiger partial charge in [-0.1, -0.05) is 46.4 Å². The van der Waals surface area contributed by atoms with Gasteiger partial charge in [0.05, 0.1) is 0 Å². The maximum atomic E-state index is 14.1. The molecule has 0 atom stereocenters. The first-order valence-electron chi connectivity index (χ1n) is 8.18. The van der Waals surface area contributed by atoms with E-state index in [1.165, 1.54) is 34.6 Å². The topological polar surface area (TPSA) is 97.7 Å². The van der Waals surface area contributed by atoms with E-state index >= 15 is 0 Å². The van der Waals surface area contributed by atoms with Crippen molar-refractivity contribution in [1.29, 1.82) is 0 Å². The molecule has 0 fully saturated rings. The van der Waals surface area contributed by atoms with E-state index in [0.717, 1.165) is 12.2 Å². The van der Waals surface area contributed by atoms with Crippen molar-refractivity contribution in [2.75, 3.05) is 0 Å². The molecule has 0 saturated heterocycles. The number of hydrogen-bond acceptors (Lipinski definition) is 5. The van der Waals surface area contributed by atoms with Crippen molar-refractivity contribution in [1.82, 2.24) is 0 Å². The Labute approximate surface area is 171 Å². The molecule has 1 N–H and O–H groups in total. The van der Waals surface area contributed by atoms with Crippen molar-refractivity contribution in [3.63, 3.8) is 0 Å². The lowest BCUT2D eigenvalue weighted by Gasteiger charge is -2.30. The smallest absolute Gasteiger partial charge is 0.378 e. The first-order chi connectivity index (χ1) is 13.1. The highest BCUT2D eigenvalue weighted by Gasteiger charge is 2.83. The van der Waals surface area contributed by atoms with Crippen LogP contribution in [0.3, 0.4) is 0 Å². The Bertz CT molecular complexity index is 931. The Hall–Kier alpha value is -1.54. The van der Waals surface area contributed by atoms with E-state index in [1.54, 1.807) is 0 Å². The number of allylic oxidation sites excluding steroid dienone is 4. The quantitative estimate of drug-likeness (QED) is 0.157. The third kappa shape index (κ3) is 5.02. The molecule has 0 aromatic heterocycles. The van der Waals surface area contributed by atoms with Crippen molar-refractivity contribution in [3.8, 4) is 0 Å². The predicted molar refractivity (Wildman–Crippen MR) is 97.1 cm³/mol. The minimum absolute atomic E-state index is 0.0129. The van der Waals surface area contributed by atoms with Gasteiger partial charge in [0.2, 0.25) is 0 Å². The molecule has 0 saturated carbocycles. The van der Waals surface area contributed by atoms with Crippen molar-refractivity contribution >= 4 is 20.2 Å². The summed E-state index contributed by atoms with van der Waals surface area (Å²) in [6.45, 7) is 10.5. The molecule has 0 heterocycles. The van der Waals surface area contributed by atoms with Crippen LogP contribution in [0, 0.1) is 11.8 Å². The van der Waals surface area contributed by atoms with Crippen molar-refractivity contribution in [2.24, 2.45) is 11.8 Å². The zero-order valence-electron chi connectivity index (χ0n) is 16.6. The van der Waals surface area contributed by atoms with Gasteiger partial charge >= 0.3 is 36.7 Å². The molecule has 176 valence electrons. The standard InChI is InChI=1S/C16H22F6O6S2/c1-7-8-12(10(4)5)13(11(6)9(2)3)28-30(26,27)16(21,22)14(17,18)15(19,20)29(23,24)25/h7-10H,1H2,2-6H3,(H,23,24,25). The van der Waals surface area contributed by atoms with Gasteiger partial charge in [0.15, 0.2) is 0 Å². The average Bonchev–Trinajstić information content (AvgIpc) is 2.55. The summed E-state index contributed by atoms with van der Waals surface area (Å²) in [4.78, 5) is 0. The Kier molecular flexibility index (Phi) is 8.45. The van der Waals surface area contributed by atoms with Crippen molar-refractivity contribution in [3.05, 3.63) is 35.6 Å². The summed E-state index contributed by atoms with van der Waals surface area (Å²) < 4.78 is 140. The number of hydrogen-bond donors (Lipinski definition) is 1. The third-order valence-corrected chi connectivity index (χ3v) is 6.14. The van der Waals surface area contributed by atoms with Gasteiger partial charge < -0.3 is 4.18 Å². The Morgan fingerprint density at radius 1 is 0.933 bits per heavy atom. The van der Waals surface area contributed by atoms with E-state index in [-0.39, 0.29) is 11.1 Å². The lowest BCUT2D eigenvalue weighted by atomic mass is 9.94. The molecule has 0 unspecified atom stereocenters. The van der Waals surface area contributed by atoms with Gasteiger partial charge in [-0.15, -0.1) is 0 Å². The van der Waals surface area contributed by atoms with Crippen LogP contribution in [0.15, 0.2) is 35.6 Å². The molecule has 14 heteroatoms. The van der Waals surface area contributed by atoms with E-state index in [9.17, 15) is 43.2 Å². The molecule has 0 rings (SSSR count). The second kappa shape index (κ2) is 8.91. The van der Waals surface area contributed by atoms with E-state index in [1.807, 2.05) is 0 Å². The molecular formula is C16H22F6O6S2. The Morgan fingerprint density at radius 3 is 1.67 bits per heavy atom. The van der Waals surface area contributed by atoms with Gasteiger partial charge in [-0.05, 0) is 29.9 Å². The van der Waals surface area contributed by atoms with Gasteiger partial charge in [0.25, 0.3) is 0 Å². The van der Waals surface area contributed by atoms with Crippen LogP contribution in [-0.2, 0) is 24.4 Å². The molecule has 0 aliphatic carbocycles. The molecular weight excluding hydrogens is 466 g/mol. The van der Waals surface area contributed by atoms with E-state index in [0.29, 0.717) is 0 Å². The van der Waals surface area contributed by atoms with E-state index < -0.39 is 54.3 Å². The van der Waals surface area contributed by atoms with Crippen LogP contribution in [-0.4, -0.2) is 37.8 Å². The molecule has 0 aromatic carbocycles.